The minimum atomic E-state index is -0.625. The van der Waals surface area contributed by atoms with Gasteiger partial charge in [-0.2, -0.15) is 0 Å². The number of rotatable bonds is 1. The van der Waals surface area contributed by atoms with E-state index in [1.54, 1.807) is 6.92 Å². The predicted octanol–water partition coefficient (Wildman–Crippen LogP) is 1.30. The van der Waals surface area contributed by atoms with Gasteiger partial charge in [0.15, 0.2) is 0 Å². The highest BCUT2D eigenvalue weighted by Gasteiger charge is 2.09. The van der Waals surface area contributed by atoms with Crippen LogP contribution >= 0.6 is 11.5 Å². The van der Waals surface area contributed by atoms with E-state index in [-0.39, 0.29) is 0 Å². The molecule has 11 heavy (non-hydrogen) atoms. The lowest BCUT2D eigenvalue weighted by Gasteiger charge is -1.83. The number of carbonyl (C=O) groups excluding carboxylic acids is 1. The Bertz CT molecular complexity index is 325. The van der Waals surface area contributed by atoms with Gasteiger partial charge >= 0.3 is 0 Å². The predicted molar refractivity (Wildman–Crippen MR) is 38.1 cm³/mol. The van der Waals surface area contributed by atoms with Crippen molar-refractivity contribution in [3.8, 4) is 0 Å². The smallest absolute Gasteiger partial charge is 0.262 e. The number of aromatic nitrogens is 2. The van der Waals surface area contributed by atoms with Crippen LogP contribution in [-0.4, -0.2) is 15.5 Å². The first kappa shape index (κ1) is 7.64. The van der Waals surface area contributed by atoms with Gasteiger partial charge < -0.3 is 0 Å². The Morgan fingerprint density at radius 1 is 1.82 bits per heavy atom. The largest absolute Gasteiger partial charge is 0.286 e. The monoisotopic (exact) mass is 169 g/mol. The van der Waals surface area contributed by atoms with Crippen molar-refractivity contribution in [2.75, 3.05) is 0 Å². The van der Waals surface area contributed by atoms with Gasteiger partial charge in [0.2, 0.25) is 0 Å². The van der Waals surface area contributed by atoms with E-state index < -0.39 is 5.91 Å². The Labute approximate surface area is 65.6 Å². The minimum absolute atomic E-state index is 0.294. The molecule has 0 radical (unpaired) electrons. The quantitative estimate of drug-likeness (QED) is 0.360. The van der Waals surface area contributed by atoms with Crippen LogP contribution in [0.25, 0.3) is 10.4 Å². The summed E-state index contributed by atoms with van der Waals surface area (Å²) in [7, 11) is 0. The molecule has 0 bridgehead atoms. The van der Waals surface area contributed by atoms with Gasteiger partial charge in [0, 0.05) is 4.91 Å². The van der Waals surface area contributed by atoms with Crippen molar-refractivity contribution in [2.45, 2.75) is 6.92 Å². The normalized spacial score (nSPS) is 8.82. The molecule has 0 unspecified atom stereocenters. The number of carbonyl (C=O) groups is 1. The van der Waals surface area contributed by atoms with E-state index >= 15 is 0 Å². The second-order valence-electron chi connectivity index (χ2n) is 1.68. The van der Waals surface area contributed by atoms with Crippen LogP contribution < -0.4 is 0 Å². The van der Waals surface area contributed by atoms with Gasteiger partial charge in [-0.05, 0) is 29.1 Å². The van der Waals surface area contributed by atoms with Crippen molar-refractivity contribution in [3.05, 3.63) is 21.0 Å². The zero-order chi connectivity index (χ0) is 8.27. The lowest BCUT2D eigenvalue weighted by Crippen LogP contribution is -1.91. The average Bonchev–Trinajstić information content (AvgIpc) is 2.36. The zero-order valence-corrected chi connectivity index (χ0v) is 6.37. The van der Waals surface area contributed by atoms with Crippen LogP contribution in [-0.2, 0) is 0 Å². The van der Waals surface area contributed by atoms with Crippen LogP contribution in [0.5, 0.6) is 0 Å². The number of nitrogens with zero attached hydrogens (tertiary/aromatic N) is 5. The Balaban J connectivity index is 3.02. The molecule has 0 fully saturated rings. The molecule has 0 saturated heterocycles. The summed E-state index contributed by atoms with van der Waals surface area (Å²) in [5.74, 6) is -0.625. The van der Waals surface area contributed by atoms with Crippen molar-refractivity contribution < 1.29 is 4.79 Å². The van der Waals surface area contributed by atoms with Gasteiger partial charge in [-0.15, -0.1) is 5.10 Å². The average molecular weight is 169 g/mol. The molecule has 1 aromatic rings. The molecule has 0 spiro atoms. The molecule has 1 amide bonds. The van der Waals surface area contributed by atoms with Crippen LogP contribution in [0.3, 0.4) is 0 Å². The Morgan fingerprint density at radius 2 is 2.55 bits per heavy atom. The molecular formula is C4H3N5OS. The summed E-state index contributed by atoms with van der Waals surface area (Å²) in [6, 6.07) is 0. The highest BCUT2D eigenvalue weighted by Crippen LogP contribution is 2.09. The number of hydrogen-bond donors (Lipinski definition) is 0. The first-order chi connectivity index (χ1) is 5.25. The van der Waals surface area contributed by atoms with Crippen molar-refractivity contribution in [2.24, 2.45) is 5.11 Å². The van der Waals surface area contributed by atoms with E-state index in [0.29, 0.717) is 10.6 Å². The third kappa shape index (κ3) is 1.51. The zero-order valence-electron chi connectivity index (χ0n) is 5.55. The minimum Gasteiger partial charge on any atom is -0.286 e. The fraction of sp³-hybridized carbons (Fsp3) is 0.250. The first-order valence-electron chi connectivity index (χ1n) is 2.64. The molecule has 1 aromatic heterocycles. The van der Waals surface area contributed by atoms with Crippen LogP contribution in [0.2, 0.25) is 0 Å². The molecule has 0 aliphatic heterocycles. The molecule has 0 atom stereocenters. The van der Waals surface area contributed by atoms with Crippen LogP contribution in [0.1, 0.15) is 15.4 Å². The summed E-state index contributed by atoms with van der Waals surface area (Å²) in [6.07, 6.45) is 0. The van der Waals surface area contributed by atoms with Gasteiger partial charge in [-0.25, -0.2) is 0 Å². The molecule has 0 aromatic carbocycles. The van der Waals surface area contributed by atoms with Crippen molar-refractivity contribution in [1.29, 1.82) is 0 Å². The molecule has 0 N–H and O–H groups in total. The Hall–Kier alpha value is -1.46. The maximum atomic E-state index is 10.8. The van der Waals surface area contributed by atoms with Gasteiger partial charge in [0.05, 0.1) is 5.69 Å². The van der Waals surface area contributed by atoms with Crippen molar-refractivity contribution in [3.63, 3.8) is 0 Å². The van der Waals surface area contributed by atoms with Crippen LogP contribution in [0, 0.1) is 6.92 Å². The lowest BCUT2D eigenvalue weighted by atomic mass is 10.4. The summed E-state index contributed by atoms with van der Waals surface area (Å²) >= 11 is 0.922. The fourth-order valence-electron chi connectivity index (χ4n) is 0.514. The standard InChI is InChI=1S/C4H3N5OS/c1-2-3(11-9-6-2)4(10)7-8-5/h1H3. The second-order valence-corrected chi connectivity index (χ2v) is 2.44. The fourth-order valence-corrected chi connectivity index (χ4v) is 1.05. The Kier molecular flexibility index (Phi) is 2.15. The highest BCUT2D eigenvalue weighted by molar-refractivity contribution is 7.08. The number of aryl methyl sites for hydroxylation is 1. The molecular weight excluding hydrogens is 166 g/mol. The molecule has 6 nitrogen and oxygen atoms in total. The number of amides is 1. The van der Waals surface area contributed by atoms with Gasteiger partial charge in [-0.1, -0.05) is 4.49 Å². The van der Waals surface area contributed by atoms with Gasteiger partial charge in [0.25, 0.3) is 5.91 Å². The van der Waals surface area contributed by atoms with E-state index in [1.165, 1.54) is 0 Å². The number of hydrogen-bond acceptors (Lipinski definition) is 4. The van der Waals surface area contributed by atoms with Crippen molar-refractivity contribution >= 4 is 17.4 Å². The van der Waals surface area contributed by atoms with E-state index in [0.717, 1.165) is 11.5 Å². The highest BCUT2D eigenvalue weighted by atomic mass is 32.1. The molecule has 0 aliphatic carbocycles. The molecule has 0 aliphatic rings. The summed E-state index contributed by atoms with van der Waals surface area (Å²) < 4.78 is 3.51. The SMILES string of the molecule is Cc1nnsc1C(=O)N=[N+]=[N-]. The maximum Gasteiger partial charge on any atom is 0.262 e. The van der Waals surface area contributed by atoms with Crippen LogP contribution in [0.4, 0.5) is 0 Å². The third-order valence-electron chi connectivity index (χ3n) is 0.981. The lowest BCUT2D eigenvalue weighted by molar-refractivity contribution is 0.100. The third-order valence-corrected chi connectivity index (χ3v) is 1.80. The van der Waals surface area contributed by atoms with E-state index in [2.05, 4.69) is 19.6 Å². The summed E-state index contributed by atoms with van der Waals surface area (Å²) in [4.78, 5) is 13.5. The van der Waals surface area contributed by atoms with E-state index in [4.69, 9.17) is 5.53 Å². The molecule has 1 rings (SSSR count). The van der Waals surface area contributed by atoms with Crippen molar-refractivity contribution in [1.82, 2.24) is 9.59 Å². The summed E-state index contributed by atoms with van der Waals surface area (Å²) in [5.41, 5.74) is 8.42. The van der Waals surface area contributed by atoms with Gasteiger partial charge in [0.1, 0.15) is 4.88 Å². The van der Waals surface area contributed by atoms with E-state index in [1.807, 2.05) is 0 Å². The summed E-state index contributed by atoms with van der Waals surface area (Å²) in [6.45, 7) is 1.63. The Morgan fingerprint density at radius 3 is 3.00 bits per heavy atom. The summed E-state index contributed by atoms with van der Waals surface area (Å²) in [5, 5.41) is 6.48. The molecule has 0 saturated carbocycles. The molecule has 7 heteroatoms. The number of azide groups is 1. The maximum absolute atomic E-state index is 10.8. The first-order valence-corrected chi connectivity index (χ1v) is 3.41. The molecule has 56 valence electrons. The van der Waals surface area contributed by atoms with E-state index in [9.17, 15) is 4.79 Å². The second kappa shape index (κ2) is 3.09. The van der Waals surface area contributed by atoms with Crippen LogP contribution in [0.15, 0.2) is 5.11 Å². The molecule has 1 heterocycles. The topological polar surface area (TPSA) is 91.6 Å². The van der Waals surface area contributed by atoms with Gasteiger partial charge in [-0.3, -0.25) is 4.79 Å².